The number of rotatable bonds is 5. The first kappa shape index (κ1) is 22.5. The lowest BCUT2D eigenvalue weighted by Crippen LogP contribution is -2.45. The highest BCUT2D eigenvalue weighted by Gasteiger charge is 2.35. The van der Waals surface area contributed by atoms with Crippen molar-refractivity contribution in [1.82, 2.24) is 8.61 Å². The van der Waals surface area contributed by atoms with E-state index in [1.54, 1.807) is 4.31 Å². The van der Waals surface area contributed by atoms with Crippen molar-refractivity contribution in [2.24, 2.45) is 0 Å². The molecule has 0 bridgehead atoms. The third-order valence-electron chi connectivity index (χ3n) is 6.59. The van der Waals surface area contributed by atoms with Gasteiger partial charge in [0.05, 0.1) is 12.0 Å². The normalized spacial score (nSPS) is 22.7. The van der Waals surface area contributed by atoms with E-state index in [-0.39, 0.29) is 24.4 Å². The summed E-state index contributed by atoms with van der Waals surface area (Å²) >= 11 is 0. The first-order valence-electron chi connectivity index (χ1n) is 10.7. The smallest absolute Gasteiger partial charge is 0.212 e. The summed E-state index contributed by atoms with van der Waals surface area (Å²) in [6.07, 6.45) is 3.25. The molecule has 6 nitrogen and oxygen atoms in total. The van der Waals surface area contributed by atoms with Crippen molar-refractivity contribution in [2.45, 2.75) is 64.0 Å². The van der Waals surface area contributed by atoms with Gasteiger partial charge >= 0.3 is 0 Å². The summed E-state index contributed by atoms with van der Waals surface area (Å²) < 4.78 is 54.5. The van der Waals surface area contributed by atoms with E-state index in [4.69, 9.17) is 0 Å². The minimum atomic E-state index is -3.53. The van der Waals surface area contributed by atoms with Gasteiger partial charge in [-0.15, -0.1) is 0 Å². The molecule has 8 heteroatoms. The van der Waals surface area contributed by atoms with Crippen LogP contribution in [-0.4, -0.2) is 43.8 Å². The molecule has 168 valence electrons. The lowest BCUT2D eigenvalue weighted by atomic mass is 9.93. The quantitative estimate of drug-likeness (QED) is 0.685. The van der Waals surface area contributed by atoms with E-state index < -0.39 is 20.0 Å². The standard InChI is InChI=1S/C23H30N2O4S2/c1-4-22-13-18-8-5-6-9-19(18)14-25(22)31(28,29)16-21-11-7-10-20-15-24(30(3,26)27)17(2)12-23(20)21/h5-11,17,22H,4,12-16H2,1-3H3/t17?,22-/m1/s1. The zero-order valence-electron chi connectivity index (χ0n) is 18.3. The third kappa shape index (κ3) is 4.44. The second-order valence-corrected chi connectivity index (χ2v) is 12.6. The highest BCUT2D eigenvalue weighted by molar-refractivity contribution is 7.88. The van der Waals surface area contributed by atoms with Crippen LogP contribution < -0.4 is 0 Å². The number of nitrogens with zero attached hydrogens (tertiary/aromatic N) is 2. The molecule has 2 heterocycles. The van der Waals surface area contributed by atoms with Crippen LogP contribution >= 0.6 is 0 Å². The van der Waals surface area contributed by atoms with E-state index in [2.05, 4.69) is 6.07 Å². The predicted molar refractivity (Wildman–Crippen MR) is 122 cm³/mol. The Labute approximate surface area is 186 Å². The molecule has 31 heavy (non-hydrogen) atoms. The Morgan fingerprint density at radius 2 is 1.52 bits per heavy atom. The molecule has 2 aliphatic rings. The largest absolute Gasteiger partial charge is 0.218 e. The number of hydrogen-bond acceptors (Lipinski definition) is 4. The molecule has 0 N–H and O–H groups in total. The lowest BCUT2D eigenvalue weighted by Gasteiger charge is -2.36. The van der Waals surface area contributed by atoms with E-state index >= 15 is 0 Å². The molecule has 1 unspecified atom stereocenters. The summed E-state index contributed by atoms with van der Waals surface area (Å²) in [5, 5.41) is 0. The predicted octanol–water partition coefficient (Wildman–Crippen LogP) is 3.06. The van der Waals surface area contributed by atoms with Crippen LogP contribution in [0.25, 0.3) is 0 Å². The fourth-order valence-corrected chi connectivity index (χ4v) is 7.86. The maximum Gasteiger partial charge on any atom is 0.218 e. The molecule has 0 radical (unpaired) electrons. The van der Waals surface area contributed by atoms with Crippen molar-refractivity contribution >= 4 is 20.0 Å². The van der Waals surface area contributed by atoms with Crippen molar-refractivity contribution < 1.29 is 16.8 Å². The summed E-state index contributed by atoms with van der Waals surface area (Å²) in [6.45, 7) is 4.61. The fourth-order valence-electron chi connectivity index (χ4n) is 4.91. The average molecular weight is 463 g/mol. The van der Waals surface area contributed by atoms with Crippen LogP contribution in [-0.2, 0) is 51.7 Å². The van der Waals surface area contributed by atoms with Gasteiger partial charge < -0.3 is 0 Å². The molecule has 0 fully saturated rings. The second kappa shape index (κ2) is 8.31. The Bertz CT molecular complexity index is 1190. The lowest BCUT2D eigenvalue weighted by molar-refractivity contribution is 0.284. The molecule has 2 aromatic rings. The van der Waals surface area contributed by atoms with Gasteiger partial charge in [-0.2, -0.15) is 8.61 Å². The molecule has 4 rings (SSSR count). The van der Waals surface area contributed by atoms with Gasteiger partial charge in [-0.1, -0.05) is 49.4 Å². The van der Waals surface area contributed by atoms with Gasteiger partial charge in [-0.05, 0) is 54.0 Å². The summed E-state index contributed by atoms with van der Waals surface area (Å²) in [6, 6.07) is 13.4. The zero-order valence-corrected chi connectivity index (χ0v) is 19.9. The van der Waals surface area contributed by atoms with Crippen LogP contribution in [0.4, 0.5) is 0 Å². The Balaban J connectivity index is 1.64. The molecule has 0 aromatic heterocycles. The Hall–Kier alpha value is -1.74. The van der Waals surface area contributed by atoms with E-state index in [9.17, 15) is 16.8 Å². The highest BCUT2D eigenvalue weighted by atomic mass is 32.2. The van der Waals surface area contributed by atoms with Crippen LogP contribution in [0.15, 0.2) is 42.5 Å². The second-order valence-electron chi connectivity index (χ2n) is 8.75. The van der Waals surface area contributed by atoms with Gasteiger partial charge in [-0.3, -0.25) is 0 Å². The summed E-state index contributed by atoms with van der Waals surface area (Å²) in [7, 11) is -6.85. The molecule has 2 aromatic carbocycles. The highest BCUT2D eigenvalue weighted by Crippen LogP contribution is 2.32. The molecule has 0 aliphatic carbocycles. The fraction of sp³-hybridized carbons (Fsp3) is 0.478. The van der Waals surface area contributed by atoms with Crippen molar-refractivity contribution in [2.75, 3.05) is 6.26 Å². The number of fused-ring (bicyclic) bond motifs is 2. The van der Waals surface area contributed by atoms with E-state index in [0.717, 1.165) is 35.1 Å². The monoisotopic (exact) mass is 462 g/mol. The first-order valence-corrected chi connectivity index (χ1v) is 14.2. The summed E-state index contributed by atoms with van der Waals surface area (Å²) in [4.78, 5) is 0. The molecular formula is C23H30N2O4S2. The van der Waals surface area contributed by atoms with Crippen molar-refractivity contribution in [1.29, 1.82) is 0 Å². The van der Waals surface area contributed by atoms with Crippen LogP contribution in [0.1, 0.15) is 48.1 Å². The average Bonchev–Trinajstić information content (AvgIpc) is 2.72. The minimum absolute atomic E-state index is 0.0425. The van der Waals surface area contributed by atoms with Crippen LogP contribution in [0.3, 0.4) is 0 Å². The van der Waals surface area contributed by atoms with Gasteiger partial charge in [0.15, 0.2) is 0 Å². The van der Waals surface area contributed by atoms with Gasteiger partial charge in [0, 0.05) is 25.2 Å². The van der Waals surface area contributed by atoms with Gasteiger partial charge in [-0.25, -0.2) is 16.8 Å². The summed E-state index contributed by atoms with van der Waals surface area (Å²) in [5.74, 6) is -0.0551. The Morgan fingerprint density at radius 1 is 0.871 bits per heavy atom. The van der Waals surface area contributed by atoms with Crippen LogP contribution in [0, 0.1) is 0 Å². The molecule has 2 aliphatic heterocycles. The van der Waals surface area contributed by atoms with Crippen LogP contribution in [0.5, 0.6) is 0 Å². The Kier molecular flexibility index (Phi) is 6.02. The maximum absolute atomic E-state index is 13.5. The first-order chi connectivity index (χ1) is 14.6. The van der Waals surface area contributed by atoms with E-state index in [0.29, 0.717) is 13.0 Å². The van der Waals surface area contributed by atoms with Gasteiger partial charge in [0.25, 0.3) is 0 Å². The maximum atomic E-state index is 13.5. The van der Waals surface area contributed by atoms with E-state index in [1.165, 1.54) is 16.1 Å². The number of hydrogen-bond donors (Lipinski definition) is 0. The van der Waals surface area contributed by atoms with Crippen LogP contribution in [0.2, 0.25) is 0 Å². The molecule has 0 amide bonds. The zero-order chi connectivity index (χ0) is 22.4. The molecule has 0 saturated heterocycles. The van der Waals surface area contributed by atoms with E-state index in [1.807, 2.05) is 50.2 Å². The number of benzene rings is 2. The molecule has 2 atom stereocenters. The van der Waals surface area contributed by atoms with Crippen molar-refractivity contribution in [3.63, 3.8) is 0 Å². The Morgan fingerprint density at radius 3 is 2.19 bits per heavy atom. The molecular weight excluding hydrogens is 432 g/mol. The SMILES string of the molecule is CC[C@@H]1Cc2ccccc2CN1S(=O)(=O)Cc1cccc2c1CC(C)N(S(C)(=O)=O)C2. The molecule has 0 spiro atoms. The van der Waals surface area contributed by atoms with Crippen molar-refractivity contribution in [3.8, 4) is 0 Å². The number of sulfonamides is 2. The molecule has 0 saturated carbocycles. The topological polar surface area (TPSA) is 74.8 Å². The third-order valence-corrected chi connectivity index (χ3v) is 9.75. The van der Waals surface area contributed by atoms with Gasteiger partial charge in [0.1, 0.15) is 0 Å². The summed E-state index contributed by atoms with van der Waals surface area (Å²) in [5.41, 5.74) is 4.96. The van der Waals surface area contributed by atoms with Crippen molar-refractivity contribution in [3.05, 3.63) is 70.3 Å². The minimum Gasteiger partial charge on any atom is -0.212 e. The van der Waals surface area contributed by atoms with Gasteiger partial charge in [0.2, 0.25) is 20.0 Å².